The van der Waals surface area contributed by atoms with E-state index in [-0.39, 0.29) is 12.6 Å². The lowest BCUT2D eigenvalue weighted by Crippen LogP contribution is -2.10. The number of hydrogen-bond donors (Lipinski definition) is 2. The molecule has 0 bridgehead atoms. The Balaban J connectivity index is 2.08. The fourth-order valence-electron chi connectivity index (χ4n) is 3.33. The van der Waals surface area contributed by atoms with Gasteiger partial charge in [-0.25, -0.2) is 4.98 Å². The number of aromatic nitrogens is 2. The summed E-state index contributed by atoms with van der Waals surface area (Å²) in [7, 11) is 0. The fourth-order valence-corrected chi connectivity index (χ4v) is 3.33. The van der Waals surface area contributed by atoms with Crippen LogP contribution in [0.15, 0.2) is 42.6 Å². The van der Waals surface area contributed by atoms with Crippen LogP contribution in [0.4, 0.5) is 5.82 Å². The molecule has 4 heteroatoms. The molecule has 0 unspecified atom stereocenters. The Morgan fingerprint density at radius 1 is 1.21 bits per heavy atom. The molecule has 0 aliphatic carbocycles. The van der Waals surface area contributed by atoms with E-state index in [9.17, 15) is 5.11 Å². The minimum absolute atomic E-state index is 0.0523. The third-order valence-electron chi connectivity index (χ3n) is 4.62. The summed E-state index contributed by atoms with van der Waals surface area (Å²) in [5.41, 5.74) is 4.43. The van der Waals surface area contributed by atoms with Gasteiger partial charge in [-0.3, -0.25) is 0 Å². The number of aryl methyl sites for hydroxylation is 1. The highest BCUT2D eigenvalue weighted by atomic mass is 16.3. The Labute approximate surface area is 143 Å². The van der Waals surface area contributed by atoms with Gasteiger partial charge in [0.2, 0.25) is 0 Å². The number of aliphatic hydroxyl groups is 1. The van der Waals surface area contributed by atoms with E-state index in [1.807, 2.05) is 18.3 Å². The van der Waals surface area contributed by atoms with Gasteiger partial charge in [0, 0.05) is 29.4 Å². The maximum absolute atomic E-state index is 9.79. The van der Waals surface area contributed by atoms with Crippen LogP contribution < -0.4 is 5.32 Å². The fraction of sp³-hybridized carbons (Fsp3) is 0.350. The average molecular weight is 323 g/mol. The predicted octanol–water partition coefficient (Wildman–Crippen LogP) is 4.42. The quantitative estimate of drug-likeness (QED) is 0.706. The zero-order chi connectivity index (χ0) is 17.1. The van der Waals surface area contributed by atoms with Gasteiger partial charge in [0.05, 0.1) is 18.2 Å². The summed E-state index contributed by atoms with van der Waals surface area (Å²) in [6.45, 7) is 7.35. The molecule has 1 atom stereocenters. The first-order chi connectivity index (χ1) is 11.7. The maximum Gasteiger partial charge on any atom is 0.151 e. The Morgan fingerprint density at radius 3 is 2.62 bits per heavy atom. The topological polar surface area (TPSA) is 50.1 Å². The molecule has 24 heavy (non-hydrogen) atoms. The normalized spacial score (nSPS) is 12.5. The number of benzene rings is 1. The number of aliphatic hydroxyl groups excluding tert-OH is 1. The smallest absolute Gasteiger partial charge is 0.151 e. The first-order valence-electron chi connectivity index (χ1n) is 8.56. The van der Waals surface area contributed by atoms with E-state index < -0.39 is 0 Å². The van der Waals surface area contributed by atoms with Gasteiger partial charge in [-0.2, -0.15) is 0 Å². The Kier molecular flexibility index (Phi) is 4.86. The highest BCUT2D eigenvalue weighted by Gasteiger charge is 2.18. The minimum Gasteiger partial charge on any atom is -0.392 e. The van der Waals surface area contributed by atoms with Gasteiger partial charge in [0.15, 0.2) is 5.82 Å². The average Bonchev–Trinajstić information content (AvgIpc) is 2.88. The second kappa shape index (κ2) is 7.05. The van der Waals surface area contributed by atoms with Crippen LogP contribution in [-0.2, 0) is 13.2 Å². The summed E-state index contributed by atoms with van der Waals surface area (Å²) in [5, 5.41) is 14.4. The number of anilines is 1. The van der Waals surface area contributed by atoms with Gasteiger partial charge >= 0.3 is 0 Å². The van der Waals surface area contributed by atoms with E-state index in [1.54, 1.807) is 0 Å². The summed E-state index contributed by atoms with van der Waals surface area (Å²) in [6, 6.07) is 12.5. The van der Waals surface area contributed by atoms with Gasteiger partial charge in [-0.1, -0.05) is 37.3 Å². The molecule has 0 amide bonds. The molecule has 0 spiro atoms. The van der Waals surface area contributed by atoms with E-state index in [4.69, 9.17) is 0 Å². The second-order valence-corrected chi connectivity index (χ2v) is 6.21. The Bertz CT molecular complexity index is 824. The maximum atomic E-state index is 9.79. The van der Waals surface area contributed by atoms with E-state index in [0.29, 0.717) is 0 Å². The lowest BCUT2D eigenvalue weighted by Gasteiger charge is -2.17. The molecule has 0 fully saturated rings. The van der Waals surface area contributed by atoms with E-state index >= 15 is 0 Å². The molecule has 0 saturated carbocycles. The zero-order valence-electron chi connectivity index (χ0n) is 14.6. The Hall–Kier alpha value is -2.33. The van der Waals surface area contributed by atoms with E-state index in [0.717, 1.165) is 40.9 Å². The molecular weight excluding hydrogens is 298 g/mol. The SMILES string of the molecule is CCCn1c(C)c(CO)c2ccnc(N[C@H](C)c3ccccc3)c21. The van der Waals surface area contributed by atoms with Crippen molar-refractivity contribution in [3.05, 3.63) is 59.4 Å². The molecular formula is C20H25N3O. The van der Waals surface area contributed by atoms with Gasteiger partial charge in [-0.05, 0) is 31.9 Å². The van der Waals surface area contributed by atoms with E-state index in [2.05, 4.69) is 59.9 Å². The number of hydrogen-bond acceptors (Lipinski definition) is 3. The monoisotopic (exact) mass is 323 g/mol. The molecule has 126 valence electrons. The van der Waals surface area contributed by atoms with Gasteiger partial charge in [0.25, 0.3) is 0 Å². The van der Waals surface area contributed by atoms with Crippen LogP contribution in [0.2, 0.25) is 0 Å². The van der Waals surface area contributed by atoms with Crippen molar-refractivity contribution in [2.75, 3.05) is 5.32 Å². The standard InChI is InChI=1S/C20H25N3O/c1-4-12-23-15(3)18(13-24)17-10-11-21-20(19(17)23)22-14(2)16-8-6-5-7-9-16/h5-11,14,24H,4,12-13H2,1-3H3,(H,21,22)/t14-/m1/s1. The second-order valence-electron chi connectivity index (χ2n) is 6.21. The van der Waals surface area contributed by atoms with Crippen molar-refractivity contribution in [1.82, 2.24) is 9.55 Å². The van der Waals surface area contributed by atoms with Crippen molar-refractivity contribution >= 4 is 16.7 Å². The predicted molar refractivity (Wildman–Crippen MR) is 99.2 cm³/mol. The molecule has 2 heterocycles. The van der Waals surface area contributed by atoms with Gasteiger partial charge in [0.1, 0.15) is 0 Å². The number of nitrogens with one attached hydrogen (secondary N) is 1. The van der Waals surface area contributed by atoms with Crippen molar-refractivity contribution in [3.63, 3.8) is 0 Å². The first kappa shape index (κ1) is 16.5. The van der Waals surface area contributed by atoms with Crippen molar-refractivity contribution in [1.29, 1.82) is 0 Å². The highest BCUT2D eigenvalue weighted by molar-refractivity contribution is 5.93. The van der Waals surface area contributed by atoms with Crippen LogP contribution in [-0.4, -0.2) is 14.7 Å². The molecule has 0 aliphatic rings. The number of rotatable bonds is 6. The third kappa shape index (κ3) is 2.89. The minimum atomic E-state index is 0.0523. The number of pyridine rings is 1. The van der Waals surface area contributed by atoms with Gasteiger partial charge < -0.3 is 15.0 Å². The molecule has 4 nitrogen and oxygen atoms in total. The summed E-state index contributed by atoms with van der Waals surface area (Å²) < 4.78 is 2.27. The number of fused-ring (bicyclic) bond motifs is 1. The van der Waals surface area contributed by atoms with Crippen LogP contribution in [0, 0.1) is 6.92 Å². The first-order valence-corrected chi connectivity index (χ1v) is 8.56. The molecule has 3 aromatic rings. The van der Waals surface area contributed by atoms with Crippen molar-refractivity contribution < 1.29 is 5.11 Å². The lowest BCUT2D eigenvalue weighted by molar-refractivity contribution is 0.282. The van der Waals surface area contributed by atoms with Crippen molar-refractivity contribution in [2.45, 2.75) is 46.4 Å². The molecule has 0 saturated heterocycles. The van der Waals surface area contributed by atoms with Crippen LogP contribution in [0.5, 0.6) is 0 Å². The van der Waals surface area contributed by atoms with Crippen molar-refractivity contribution in [2.24, 2.45) is 0 Å². The molecule has 0 aliphatic heterocycles. The summed E-state index contributed by atoms with van der Waals surface area (Å²) >= 11 is 0. The van der Waals surface area contributed by atoms with Gasteiger partial charge in [-0.15, -0.1) is 0 Å². The van der Waals surface area contributed by atoms with Crippen molar-refractivity contribution in [3.8, 4) is 0 Å². The van der Waals surface area contributed by atoms with Crippen LogP contribution in [0.25, 0.3) is 10.9 Å². The largest absolute Gasteiger partial charge is 0.392 e. The van der Waals surface area contributed by atoms with Crippen LogP contribution >= 0.6 is 0 Å². The summed E-state index contributed by atoms with van der Waals surface area (Å²) in [6.07, 6.45) is 2.86. The molecule has 0 radical (unpaired) electrons. The zero-order valence-corrected chi connectivity index (χ0v) is 14.6. The van der Waals surface area contributed by atoms with Crippen LogP contribution in [0.1, 0.15) is 43.1 Å². The molecule has 1 aromatic carbocycles. The highest BCUT2D eigenvalue weighted by Crippen LogP contribution is 2.32. The van der Waals surface area contributed by atoms with E-state index in [1.165, 1.54) is 5.56 Å². The Morgan fingerprint density at radius 2 is 1.96 bits per heavy atom. The molecule has 2 aromatic heterocycles. The lowest BCUT2D eigenvalue weighted by atomic mass is 10.1. The third-order valence-corrected chi connectivity index (χ3v) is 4.62. The summed E-state index contributed by atoms with van der Waals surface area (Å²) in [4.78, 5) is 4.59. The number of nitrogens with zero attached hydrogens (tertiary/aromatic N) is 2. The molecule has 3 rings (SSSR count). The summed E-state index contributed by atoms with van der Waals surface area (Å²) in [5.74, 6) is 0.875. The molecule has 2 N–H and O–H groups in total. The van der Waals surface area contributed by atoms with Crippen LogP contribution in [0.3, 0.4) is 0 Å².